The number of nitrogens with zero attached hydrogens (tertiary/aromatic N) is 1. The molecule has 3 aromatic carbocycles. The number of benzene rings is 3. The van der Waals surface area contributed by atoms with Gasteiger partial charge in [-0.15, -0.1) is 0 Å². The molecule has 0 aliphatic rings. The molecule has 0 radical (unpaired) electrons. The highest BCUT2D eigenvalue weighted by Crippen LogP contribution is 2.29. The van der Waals surface area contributed by atoms with Crippen LogP contribution in [0, 0.1) is 0 Å². The van der Waals surface area contributed by atoms with Crippen molar-refractivity contribution in [2.24, 2.45) is 5.10 Å². The molecule has 8 heteroatoms. The Bertz CT molecular complexity index is 1110. The molecule has 0 unspecified atom stereocenters. The van der Waals surface area contributed by atoms with Gasteiger partial charge in [-0.3, -0.25) is 4.79 Å². The van der Waals surface area contributed by atoms with E-state index in [0.717, 1.165) is 0 Å². The molecule has 3 aromatic rings. The van der Waals surface area contributed by atoms with Gasteiger partial charge in [-0.05, 0) is 79.2 Å². The number of hydrazone groups is 1. The van der Waals surface area contributed by atoms with Crippen LogP contribution in [0.25, 0.3) is 0 Å². The third kappa shape index (κ3) is 5.85. The molecule has 0 heterocycles. The van der Waals surface area contributed by atoms with E-state index in [1.54, 1.807) is 49.6 Å². The van der Waals surface area contributed by atoms with Crippen LogP contribution in [0.4, 0.5) is 0 Å². The lowest BCUT2D eigenvalue weighted by Gasteiger charge is -2.11. The molecule has 0 aliphatic carbocycles. The summed E-state index contributed by atoms with van der Waals surface area (Å²) in [5.74, 6) is 0.382. The fourth-order valence-electron chi connectivity index (χ4n) is 2.69. The van der Waals surface area contributed by atoms with Crippen molar-refractivity contribution in [1.29, 1.82) is 0 Å². The summed E-state index contributed by atoms with van der Waals surface area (Å²) in [6.07, 6.45) is 1.44. The van der Waals surface area contributed by atoms with E-state index in [-0.39, 0.29) is 11.5 Å². The number of carbonyl (C=O) groups is 2. The van der Waals surface area contributed by atoms with Crippen molar-refractivity contribution in [3.05, 3.63) is 83.4 Å². The van der Waals surface area contributed by atoms with Crippen molar-refractivity contribution in [3.63, 3.8) is 0 Å². The first kappa shape index (κ1) is 22.4. The molecule has 0 saturated heterocycles. The van der Waals surface area contributed by atoms with E-state index in [0.29, 0.717) is 34.8 Å². The quantitative estimate of drug-likeness (QED) is 0.242. The number of phenols is 1. The number of ether oxygens (including phenoxy) is 3. The summed E-state index contributed by atoms with van der Waals surface area (Å²) in [6.45, 7) is 2.18. The van der Waals surface area contributed by atoms with Gasteiger partial charge in [0, 0.05) is 5.56 Å². The number of amides is 1. The van der Waals surface area contributed by atoms with Gasteiger partial charge in [-0.2, -0.15) is 5.10 Å². The minimum Gasteiger partial charge on any atom is -0.508 e. The lowest BCUT2D eigenvalue weighted by Crippen LogP contribution is -2.17. The normalized spacial score (nSPS) is 10.6. The zero-order valence-corrected chi connectivity index (χ0v) is 17.6. The minimum absolute atomic E-state index is 0.0706. The number of esters is 1. The summed E-state index contributed by atoms with van der Waals surface area (Å²) in [4.78, 5) is 24.5. The molecule has 2 N–H and O–H groups in total. The highest BCUT2D eigenvalue weighted by Gasteiger charge is 2.13. The number of nitrogens with one attached hydrogen (secondary N) is 1. The van der Waals surface area contributed by atoms with Crippen LogP contribution in [0.1, 0.15) is 33.2 Å². The van der Waals surface area contributed by atoms with Gasteiger partial charge >= 0.3 is 5.97 Å². The Balaban J connectivity index is 1.69. The zero-order valence-electron chi connectivity index (χ0n) is 17.6. The number of rotatable bonds is 8. The minimum atomic E-state index is -0.531. The van der Waals surface area contributed by atoms with Crippen LogP contribution in [0.15, 0.2) is 71.8 Å². The first-order chi connectivity index (χ1) is 15.5. The molecule has 0 fully saturated rings. The smallest absolute Gasteiger partial charge is 0.343 e. The first-order valence-electron chi connectivity index (χ1n) is 9.75. The molecule has 1 amide bonds. The maximum absolute atomic E-state index is 12.4. The Morgan fingerprint density at radius 3 is 2.31 bits per heavy atom. The summed E-state index contributed by atoms with van der Waals surface area (Å²) >= 11 is 0. The average molecular weight is 434 g/mol. The van der Waals surface area contributed by atoms with Gasteiger partial charge in [-0.1, -0.05) is 0 Å². The average Bonchev–Trinajstić information content (AvgIpc) is 2.81. The molecular weight excluding hydrogens is 412 g/mol. The number of aromatic hydroxyl groups is 1. The van der Waals surface area contributed by atoms with E-state index in [1.165, 1.54) is 30.5 Å². The number of phenolic OH excluding ortho intramolecular Hbond substituents is 1. The number of carbonyl (C=O) groups excluding carboxylic acids is 2. The summed E-state index contributed by atoms with van der Waals surface area (Å²) in [5, 5.41) is 13.2. The first-order valence-corrected chi connectivity index (χ1v) is 9.75. The van der Waals surface area contributed by atoms with Crippen LogP contribution in [0.5, 0.6) is 23.0 Å². The fourth-order valence-corrected chi connectivity index (χ4v) is 2.69. The van der Waals surface area contributed by atoms with Gasteiger partial charge in [0.2, 0.25) is 0 Å². The van der Waals surface area contributed by atoms with Gasteiger partial charge in [0.25, 0.3) is 5.91 Å². The van der Waals surface area contributed by atoms with E-state index in [9.17, 15) is 14.7 Å². The van der Waals surface area contributed by atoms with Crippen molar-refractivity contribution in [3.8, 4) is 23.0 Å². The van der Waals surface area contributed by atoms with E-state index in [1.807, 2.05) is 6.92 Å². The van der Waals surface area contributed by atoms with Crippen molar-refractivity contribution in [1.82, 2.24) is 5.43 Å². The lowest BCUT2D eigenvalue weighted by molar-refractivity contribution is 0.0728. The second-order valence-electron chi connectivity index (χ2n) is 6.50. The topological polar surface area (TPSA) is 106 Å². The van der Waals surface area contributed by atoms with Crippen LogP contribution in [-0.4, -0.2) is 36.9 Å². The van der Waals surface area contributed by atoms with Gasteiger partial charge in [-0.25, -0.2) is 10.2 Å². The van der Waals surface area contributed by atoms with Crippen molar-refractivity contribution < 1.29 is 28.9 Å². The van der Waals surface area contributed by atoms with Gasteiger partial charge in [0.05, 0.1) is 25.5 Å². The monoisotopic (exact) mass is 434 g/mol. The zero-order chi connectivity index (χ0) is 22.9. The third-order valence-corrected chi connectivity index (χ3v) is 4.31. The fraction of sp³-hybridized carbons (Fsp3) is 0.125. The molecule has 0 aliphatic heterocycles. The summed E-state index contributed by atoms with van der Waals surface area (Å²) < 4.78 is 16.2. The Morgan fingerprint density at radius 1 is 0.969 bits per heavy atom. The molecule has 0 saturated carbocycles. The molecule has 8 nitrogen and oxygen atoms in total. The molecule has 32 heavy (non-hydrogen) atoms. The third-order valence-electron chi connectivity index (χ3n) is 4.31. The molecule has 0 bridgehead atoms. The van der Waals surface area contributed by atoms with Crippen molar-refractivity contribution in [2.45, 2.75) is 6.92 Å². The lowest BCUT2D eigenvalue weighted by atomic mass is 10.2. The Morgan fingerprint density at radius 2 is 1.66 bits per heavy atom. The highest BCUT2D eigenvalue weighted by atomic mass is 16.6. The van der Waals surface area contributed by atoms with Crippen LogP contribution < -0.4 is 19.6 Å². The molecule has 164 valence electrons. The van der Waals surface area contributed by atoms with Gasteiger partial charge in [0.15, 0.2) is 11.5 Å². The van der Waals surface area contributed by atoms with E-state index in [2.05, 4.69) is 10.5 Å². The largest absolute Gasteiger partial charge is 0.508 e. The number of hydrogen-bond donors (Lipinski definition) is 2. The number of methoxy groups -OCH3 is 1. The predicted octanol–water partition coefficient (Wildman–Crippen LogP) is 3.78. The second-order valence-corrected chi connectivity index (χ2v) is 6.50. The summed E-state index contributed by atoms with van der Waals surface area (Å²) in [6, 6.07) is 17.3. The van der Waals surface area contributed by atoms with E-state index >= 15 is 0 Å². The Labute approximate surface area is 185 Å². The van der Waals surface area contributed by atoms with Crippen LogP contribution in [-0.2, 0) is 0 Å². The summed E-state index contributed by atoms with van der Waals surface area (Å²) in [7, 11) is 1.55. The second kappa shape index (κ2) is 10.6. The molecular formula is C24H22N2O6. The Hall–Kier alpha value is -4.33. The standard InChI is InChI=1S/C24H22N2O6/c1-3-31-22-14-16(15-25-26-23(28)17-5-9-19(27)10-6-17)4-13-21(22)32-24(29)18-7-11-20(30-2)12-8-18/h4-15,27H,3H2,1-2H3,(H,26,28)/b25-15+. The molecule has 0 aromatic heterocycles. The molecule has 0 atom stereocenters. The van der Waals surface area contributed by atoms with Gasteiger partial charge < -0.3 is 19.3 Å². The molecule has 3 rings (SSSR count). The van der Waals surface area contributed by atoms with Crippen LogP contribution in [0.3, 0.4) is 0 Å². The van der Waals surface area contributed by atoms with Crippen LogP contribution >= 0.6 is 0 Å². The van der Waals surface area contributed by atoms with E-state index in [4.69, 9.17) is 14.2 Å². The highest BCUT2D eigenvalue weighted by molar-refractivity contribution is 5.95. The number of hydrogen-bond acceptors (Lipinski definition) is 7. The van der Waals surface area contributed by atoms with Crippen molar-refractivity contribution in [2.75, 3.05) is 13.7 Å². The van der Waals surface area contributed by atoms with Crippen molar-refractivity contribution >= 4 is 18.1 Å². The van der Waals surface area contributed by atoms with Gasteiger partial charge in [0.1, 0.15) is 11.5 Å². The molecule has 0 spiro atoms. The van der Waals surface area contributed by atoms with Crippen LogP contribution in [0.2, 0.25) is 0 Å². The maximum atomic E-state index is 12.4. The maximum Gasteiger partial charge on any atom is 0.343 e. The predicted molar refractivity (Wildman–Crippen MR) is 119 cm³/mol. The summed E-state index contributed by atoms with van der Waals surface area (Å²) in [5.41, 5.74) is 3.77. The van der Waals surface area contributed by atoms with E-state index < -0.39 is 11.9 Å². The SMILES string of the molecule is CCOc1cc(/C=N/NC(=O)c2ccc(O)cc2)ccc1OC(=O)c1ccc(OC)cc1. The Kier molecular flexibility index (Phi) is 7.42.